The van der Waals surface area contributed by atoms with Gasteiger partial charge in [0.05, 0.1) is 18.5 Å². The van der Waals surface area contributed by atoms with Crippen LogP contribution in [-0.2, 0) is 0 Å². The van der Waals surface area contributed by atoms with Crippen LogP contribution < -0.4 is 20.8 Å². The van der Waals surface area contributed by atoms with Crippen molar-refractivity contribution in [2.24, 2.45) is 5.73 Å². The lowest BCUT2D eigenvalue weighted by atomic mass is 9.84. The zero-order chi connectivity index (χ0) is 18.4. The third kappa shape index (κ3) is 2.22. The van der Waals surface area contributed by atoms with Crippen LogP contribution in [-0.4, -0.2) is 22.3 Å². The molecule has 1 aromatic carbocycles. The normalized spacial score (nSPS) is 16.1. The van der Waals surface area contributed by atoms with Gasteiger partial charge in [-0.25, -0.2) is 0 Å². The zero-order valence-corrected chi connectivity index (χ0v) is 14.1. The van der Waals surface area contributed by atoms with Crippen molar-refractivity contribution in [3.8, 4) is 17.7 Å². The fraction of sp³-hybridized carbons (Fsp3) is 0.167. The van der Waals surface area contributed by atoms with Crippen LogP contribution in [0.25, 0.3) is 10.9 Å². The third-order valence-electron chi connectivity index (χ3n) is 4.52. The second-order valence-electron chi connectivity index (χ2n) is 6.00. The molecular formula is C18H15N5O3. The maximum absolute atomic E-state index is 12.8. The lowest BCUT2D eigenvalue weighted by Gasteiger charge is -2.23. The standard InChI is InChI=1S/C18H15N5O3/c1-8-14-15(12(7-19)16(20)26-18(14)23-22-8)11-5-9-3-4-10(25-2)6-13(9)21-17(11)24/h3-6,15H,20H2,1-2H3,(H,21,24)(H,22,23)/t15-/m1/s1. The van der Waals surface area contributed by atoms with Crippen molar-refractivity contribution < 1.29 is 9.47 Å². The number of benzene rings is 1. The monoisotopic (exact) mass is 349 g/mol. The van der Waals surface area contributed by atoms with E-state index < -0.39 is 5.92 Å². The Morgan fingerprint density at radius 3 is 2.92 bits per heavy atom. The summed E-state index contributed by atoms with van der Waals surface area (Å²) in [4.78, 5) is 15.7. The van der Waals surface area contributed by atoms with Gasteiger partial charge in [-0.05, 0) is 30.5 Å². The van der Waals surface area contributed by atoms with Gasteiger partial charge in [0, 0.05) is 22.9 Å². The molecule has 3 heterocycles. The van der Waals surface area contributed by atoms with Crippen molar-refractivity contribution >= 4 is 10.9 Å². The van der Waals surface area contributed by atoms with Gasteiger partial charge in [0.25, 0.3) is 5.56 Å². The topological polar surface area (TPSA) is 130 Å². The number of methoxy groups -OCH3 is 1. The highest BCUT2D eigenvalue weighted by Gasteiger charge is 2.35. The summed E-state index contributed by atoms with van der Waals surface area (Å²) in [5, 5.41) is 17.3. The summed E-state index contributed by atoms with van der Waals surface area (Å²) in [5.41, 5.74) is 8.14. The maximum Gasteiger partial charge on any atom is 0.252 e. The Balaban J connectivity index is 1.99. The van der Waals surface area contributed by atoms with Gasteiger partial charge >= 0.3 is 0 Å². The van der Waals surface area contributed by atoms with Crippen molar-refractivity contribution in [1.82, 2.24) is 15.2 Å². The Bertz CT molecular complexity index is 1170. The molecule has 26 heavy (non-hydrogen) atoms. The first-order chi connectivity index (χ1) is 12.5. The van der Waals surface area contributed by atoms with Crippen LogP contribution in [0.4, 0.5) is 0 Å². The molecule has 0 saturated heterocycles. The van der Waals surface area contributed by atoms with Crippen molar-refractivity contribution in [1.29, 1.82) is 5.26 Å². The van der Waals surface area contributed by atoms with Gasteiger partial charge in [0.1, 0.15) is 17.4 Å². The van der Waals surface area contributed by atoms with Gasteiger partial charge in [-0.1, -0.05) is 0 Å². The molecule has 0 saturated carbocycles. The van der Waals surface area contributed by atoms with Crippen molar-refractivity contribution in [3.05, 3.63) is 62.9 Å². The lowest BCUT2D eigenvalue weighted by Crippen LogP contribution is -2.25. The number of aromatic amines is 2. The van der Waals surface area contributed by atoms with E-state index in [0.717, 1.165) is 5.39 Å². The van der Waals surface area contributed by atoms with Crippen molar-refractivity contribution in [3.63, 3.8) is 0 Å². The fourth-order valence-corrected chi connectivity index (χ4v) is 3.25. The minimum absolute atomic E-state index is 0.0503. The fourth-order valence-electron chi connectivity index (χ4n) is 3.25. The number of nitrogens with zero attached hydrogens (tertiary/aromatic N) is 2. The molecule has 130 valence electrons. The second-order valence-corrected chi connectivity index (χ2v) is 6.00. The Labute approximate surface area is 147 Å². The smallest absolute Gasteiger partial charge is 0.252 e. The molecule has 0 aliphatic carbocycles. The summed E-state index contributed by atoms with van der Waals surface area (Å²) in [6, 6.07) is 9.21. The number of ether oxygens (including phenoxy) is 2. The Morgan fingerprint density at radius 2 is 2.19 bits per heavy atom. The number of nitrogens with one attached hydrogen (secondary N) is 2. The molecule has 4 rings (SSSR count). The number of rotatable bonds is 2. The van der Waals surface area contributed by atoms with Crippen molar-refractivity contribution in [2.45, 2.75) is 12.8 Å². The molecule has 3 aromatic rings. The molecule has 8 heteroatoms. The average Bonchev–Trinajstić information content (AvgIpc) is 3.00. The molecule has 0 amide bonds. The highest BCUT2D eigenvalue weighted by molar-refractivity contribution is 5.81. The molecule has 0 radical (unpaired) electrons. The number of pyridine rings is 1. The van der Waals surface area contributed by atoms with E-state index in [9.17, 15) is 10.1 Å². The molecule has 0 fully saturated rings. The van der Waals surface area contributed by atoms with Crippen LogP contribution in [0.1, 0.15) is 22.7 Å². The van der Waals surface area contributed by atoms with Crippen LogP contribution >= 0.6 is 0 Å². The first-order valence-electron chi connectivity index (χ1n) is 7.87. The number of hydrogen-bond acceptors (Lipinski definition) is 6. The number of nitrogens with two attached hydrogens (primary N) is 1. The summed E-state index contributed by atoms with van der Waals surface area (Å²) >= 11 is 0. The van der Waals surface area contributed by atoms with Gasteiger partial charge < -0.3 is 20.2 Å². The van der Waals surface area contributed by atoms with E-state index in [-0.39, 0.29) is 22.9 Å². The summed E-state index contributed by atoms with van der Waals surface area (Å²) in [6.45, 7) is 1.80. The average molecular weight is 349 g/mol. The van der Waals surface area contributed by atoms with Gasteiger partial charge in [0.15, 0.2) is 0 Å². The molecule has 0 bridgehead atoms. The van der Waals surface area contributed by atoms with Gasteiger partial charge in [-0.3, -0.25) is 9.89 Å². The van der Waals surface area contributed by atoms with Crippen LogP contribution in [0, 0.1) is 18.3 Å². The Hall–Kier alpha value is -3.73. The number of H-pyrrole nitrogens is 2. The number of aryl methyl sites for hydroxylation is 1. The molecule has 1 atom stereocenters. The largest absolute Gasteiger partial charge is 0.497 e. The highest BCUT2D eigenvalue weighted by Crippen LogP contribution is 2.41. The zero-order valence-electron chi connectivity index (χ0n) is 14.1. The van der Waals surface area contributed by atoms with E-state index >= 15 is 0 Å². The molecule has 1 aliphatic heterocycles. The molecule has 4 N–H and O–H groups in total. The number of aromatic nitrogens is 3. The first kappa shape index (κ1) is 15.8. The second kappa shape index (κ2) is 5.67. The minimum Gasteiger partial charge on any atom is -0.497 e. The first-order valence-corrected chi connectivity index (χ1v) is 7.87. The van der Waals surface area contributed by atoms with Crippen LogP contribution in [0.3, 0.4) is 0 Å². The lowest BCUT2D eigenvalue weighted by molar-refractivity contribution is 0.378. The van der Waals surface area contributed by atoms with Crippen molar-refractivity contribution in [2.75, 3.05) is 7.11 Å². The maximum atomic E-state index is 12.8. The molecule has 8 nitrogen and oxygen atoms in total. The van der Waals surface area contributed by atoms with E-state index in [1.807, 2.05) is 6.07 Å². The van der Waals surface area contributed by atoms with Gasteiger partial charge in [0.2, 0.25) is 11.8 Å². The minimum atomic E-state index is -0.655. The quantitative estimate of drug-likeness (QED) is 0.646. The van der Waals surface area contributed by atoms with E-state index in [2.05, 4.69) is 21.3 Å². The predicted molar refractivity (Wildman–Crippen MR) is 93.7 cm³/mol. The van der Waals surface area contributed by atoms with E-state index in [1.165, 1.54) is 0 Å². The number of nitriles is 1. The number of allylic oxidation sites excluding steroid dienone is 1. The molecule has 2 aromatic heterocycles. The van der Waals surface area contributed by atoms with E-state index in [4.69, 9.17) is 15.2 Å². The molecular weight excluding hydrogens is 334 g/mol. The Morgan fingerprint density at radius 1 is 1.38 bits per heavy atom. The van der Waals surface area contributed by atoms with E-state index in [1.54, 1.807) is 32.2 Å². The SMILES string of the molecule is COc1ccc2cc([C@@H]3C(C#N)=C(N)Oc4n[nH]c(C)c43)c(=O)[nH]c2c1. The third-order valence-corrected chi connectivity index (χ3v) is 4.52. The highest BCUT2D eigenvalue weighted by atomic mass is 16.5. The van der Waals surface area contributed by atoms with Crippen LogP contribution in [0.5, 0.6) is 11.6 Å². The van der Waals surface area contributed by atoms with Crippen LogP contribution in [0.2, 0.25) is 0 Å². The van der Waals surface area contributed by atoms with Gasteiger partial charge in [-0.15, -0.1) is 5.10 Å². The summed E-state index contributed by atoms with van der Waals surface area (Å²) in [6.07, 6.45) is 0. The summed E-state index contributed by atoms with van der Waals surface area (Å²) in [7, 11) is 1.56. The Kier molecular flexibility index (Phi) is 3.44. The number of fused-ring (bicyclic) bond motifs is 2. The summed E-state index contributed by atoms with van der Waals surface area (Å²) < 4.78 is 10.6. The molecule has 0 unspecified atom stereocenters. The molecule has 1 aliphatic rings. The predicted octanol–water partition coefficient (Wildman–Crippen LogP) is 1.79. The van der Waals surface area contributed by atoms with E-state index in [0.29, 0.717) is 28.1 Å². The summed E-state index contributed by atoms with van der Waals surface area (Å²) in [5.74, 6) is 0.212. The molecule has 0 spiro atoms. The number of hydrogen-bond donors (Lipinski definition) is 3. The van der Waals surface area contributed by atoms with Crippen LogP contribution in [0.15, 0.2) is 40.5 Å². The van der Waals surface area contributed by atoms with Gasteiger partial charge in [-0.2, -0.15) is 5.26 Å².